The van der Waals surface area contributed by atoms with Crippen LogP contribution in [0.25, 0.3) is 28.1 Å². The monoisotopic (exact) mass is 472 g/mol. The summed E-state index contributed by atoms with van der Waals surface area (Å²) >= 11 is 0. The molecule has 0 radical (unpaired) electrons. The normalized spacial score (nSPS) is 11.1. The zero-order valence-corrected chi connectivity index (χ0v) is 19.8. The van der Waals surface area contributed by atoms with Crippen molar-refractivity contribution >= 4 is 16.7 Å². The summed E-state index contributed by atoms with van der Waals surface area (Å²) in [5.41, 5.74) is 2.12. The molecule has 0 aliphatic rings. The maximum atomic E-state index is 13.5. The van der Waals surface area contributed by atoms with Crippen LogP contribution in [-0.4, -0.2) is 47.6 Å². The molecule has 0 aliphatic heterocycles. The minimum atomic E-state index is -0.151. The van der Waals surface area contributed by atoms with Crippen LogP contribution in [0.3, 0.4) is 0 Å². The Morgan fingerprint density at radius 3 is 2.14 bits per heavy atom. The summed E-state index contributed by atoms with van der Waals surface area (Å²) in [5.74, 6) is 3.26. The van der Waals surface area contributed by atoms with Gasteiger partial charge in [0.15, 0.2) is 17.3 Å². The first-order chi connectivity index (χ1) is 17.1. The fourth-order valence-corrected chi connectivity index (χ4v) is 4.19. The number of nitrogens with zero attached hydrogens (tertiary/aromatic N) is 4. The van der Waals surface area contributed by atoms with Crippen LogP contribution in [-0.2, 0) is 6.54 Å². The number of hydrogen-bond donors (Lipinski definition) is 0. The first-order valence-electron chi connectivity index (χ1n) is 10.9. The van der Waals surface area contributed by atoms with Gasteiger partial charge >= 0.3 is 0 Å². The van der Waals surface area contributed by atoms with Gasteiger partial charge in [0.2, 0.25) is 5.78 Å². The average Bonchev–Trinajstić information content (AvgIpc) is 3.35. The number of hydrogen-bond acceptors (Lipinski definition) is 7. The Kier molecular flexibility index (Phi) is 5.74. The molecule has 9 heteroatoms. The van der Waals surface area contributed by atoms with E-state index in [9.17, 15) is 4.79 Å². The fourth-order valence-electron chi connectivity index (χ4n) is 4.19. The predicted octanol–water partition coefficient (Wildman–Crippen LogP) is 3.79. The second-order valence-electron chi connectivity index (χ2n) is 7.82. The first kappa shape index (κ1) is 22.3. The molecule has 5 rings (SSSR count). The average molecular weight is 473 g/mol. The van der Waals surface area contributed by atoms with Gasteiger partial charge < -0.3 is 18.9 Å². The van der Waals surface area contributed by atoms with Gasteiger partial charge in [-0.15, -0.1) is 10.2 Å². The third-order valence-corrected chi connectivity index (χ3v) is 5.95. The molecular weight excluding hydrogens is 448 g/mol. The lowest BCUT2D eigenvalue weighted by atomic mass is 10.1. The fraction of sp³-hybridized carbons (Fsp3) is 0.192. The summed E-state index contributed by atoms with van der Waals surface area (Å²) in [6, 6.07) is 18.5. The molecule has 0 saturated heterocycles. The molecule has 0 aliphatic carbocycles. The van der Waals surface area contributed by atoms with E-state index in [2.05, 4.69) is 10.2 Å². The number of benzene rings is 3. The zero-order valence-electron chi connectivity index (χ0n) is 19.8. The Morgan fingerprint density at radius 2 is 1.46 bits per heavy atom. The molecule has 0 amide bonds. The van der Waals surface area contributed by atoms with E-state index >= 15 is 0 Å². The Bertz CT molecular complexity index is 1590. The van der Waals surface area contributed by atoms with Crippen molar-refractivity contribution in [2.45, 2.75) is 6.54 Å². The molecule has 0 fully saturated rings. The van der Waals surface area contributed by atoms with Crippen molar-refractivity contribution in [3.63, 3.8) is 0 Å². The second-order valence-corrected chi connectivity index (χ2v) is 7.82. The van der Waals surface area contributed by atoms with Crippen molar-refractivity contribution in [1.29, 1.82) is 0 Å². The van der Waals surface area contributed by atoms with Crippen LogP contribution in [0.2, 0.25) is 0 Å². The van der Waals surface area contributed by atoms with Crippen LogP contribution in [0.15, 0.2) is 65.5 Å². The van der Waals surface area contributed by atoms with Gasteiger partial charge in [0.1, 0.15) is 11.5 Å². The lowest BCUT2D eigenvalue weighted by Gasteiger charge is -2.15. The molecule has 0 spiro atoms. The van der Waals surface area contributed by atoms with Gasteiger partial charge in [0.25, 0.3) is 5.56 Å². The molecule has 3 aromatic carbocycles. The third kappa shape index (κ3) is 3.71. The quantitative estimate of drug-likeness (QED) is 0.356. The van der Waals surface area contributed by atoms with Gasteiger partial charge in [-0.1, -0.05) is 24.3 Å². The van der Waals surface area contributed by atoms with E-state index in [1.807, 2.05) is 46.9 Å². The number of ether oxygens (including phenoxy) is 4. The number of rotatable bonds is 7. The van der Waals surface area contributed by atoms with E-state index < -0.39 is 0 Å². The highest BCUT2D eigenvalue weighted by atomic mass is 16.5. The van der Waals surface area contributed by atoms with E-state index in [-0.39, 0.29) is 5.56 Å². The predicted molar refractivity (Wildman–Crippen MR) is 132 cm³/mol. The van der Waals surface area contributed by atoms with E-state index in [0.29, 0.717) is 51.9 Å². The van der Waals surface area contributed by atoms with Crippen molar-refractivity contribution in [3.05, 3.63) is 76.6 Å². The second kappa shape index (κ2) is 9.02. The Labute approximate surface area is 201 Å². The lowest BCUT2D eigenvalue weighted by Crippen LogP contribution is -2.24. The van der Waals surface area contributed by atoms with E-state index in [1.54, 1.807) is 51.2 Å². The highest BCUT2D eigenvalue weighted by Crippen LogP contribution is 2.40. The first-order valence-corrected chi connectivity index (χ1v) is 10.9. The minimum Gasteiger partial charge on any atom is -0.497 e. The molecule has 35 heavy (non-hydrogen) atoms. The van der Waals surface area contributed by atoms with Crippen molar-refractivity contribution in [2.75, 3.05) is 28.4 Å². The molecular formula is C26H24N4O5. The van der Waals surface area contributed by atoms with Gasteiger partial charge in [-0.25, -0.2) is 0 Å². The van der Waals surface area contributed by atoms with Crippen LogP contribution in [0.1, 0.15) is 5.56 Å². The molecule has 2 heterocycles. The highest BCUT2D eigenvalue weighted by molar-refractivity contribution is 5.83. The largest absolute Gasteiger partial charge is 0.497 e. The molecule has 5 aromatic rings. The molecule has 178 valence electrons. The van der Waals surface area contributed by atoms with Crippen LogP contribution in [0, 0.1) is 0 Å². The van der Waals surface area contributed by atoms with Gasteiger partial charge in [-0.2, -0.15) is 0 Å². The topological polar surface area (TPSA) is 89.1 Å². The van der Waals surface area contributed by atoms with Crippen LogP contribution in [0.5, 0.6) is 23.0 Å². The standard InChI is InChI=1S/C26H24N4O5/c1-32-17-11-9-16(10-12-17)15-29-25(31)18-7-5-6-8-20(18)30-24(27-28-26(29)30)19-13-22(34-3)23(35-4)14-21(19)33-2/h5-14H,15H2,1-4H3. The minimum absolute atomic E-state index is 0.151. The maximum absolute atomic E-state index is 13.5. The van der Waals surface area contributed by atoms with Crippen molar-refractivity contribution in [3.8, 4) is 34.4 Å². The van der Waals surface area contributed by atoms with Crippen LogP contribution in [0.4, 0.5) is 0 Å². The maximum Gasteiger partial charge on any atom is 0.263 e. The molecule has 9 nitrogen and oxygen atoms in total. The Balaban J connectivity index is 1.79. The number of aromatic nitrogens is 4. The van der Waals surface area contributed by atoms with Crippen LogP contribution < -0.4 is 24.5 Å². The molecule has 0 bridgehead atoms. The molecule has 2 aromatic heterocycles. The molecule has 0 saturated carbocycles. The van der Waals surface area contributed by atoms with Crippen molar-refractivity contribution < 1.29 is 18.9 Å². The number of para-hydroxylation sites is 1. The van der Waals surface area contributed by atoms with Crippen molar-refractivity contribution in [2.24, 2.45) is 0 Å². The lowest BCUT2D eigenvalue weighted by molar-refractivity contribution is 0.349. The van der Waals surface area contributed by atoms with Gasteiger partial charge in [-0.05, 0) is 35.9 Å². The molecule has 0 N–H and O–H groups in total. The van der Waals surface area contributed by atoms with Gasteiger partial charge in [0, 0.05) is 6.07 Å². The van der Waals surface area contributed by atoms with Gasteiger partial charge in [-0.3, -0.25) is 13.8 Å². The summed E-state index contributed by atoms with van der Waals surface area (Å²) < 4.78 is 25.3. The van der Waals surface area contributed by atoms with Crippen molar-refractivity contribution in [1.82, 2.24) is 19.2 Å². The van der Waals surface area contributed by atoms with Gasteiger partial charge in [0.05, 0.1) is 51.5 Å². The molecule has 0 unspecified atom stereocenters. The highest BCUT2D eigenvalue weighted by Gasteiger charge is 2.22. The summed E-state index contributed by atoms with van der Waals surface area (Å²) in [4.78, 5) is 13.5. The Hall–Kier alpha value is -4.53. The summed E-state index contributed by atoms with van der Waals surface area (Å²) in [6.07, 6.45) is 0. The van der Waals surface area contributed by atoms with Crippen LogP contribution >= 0.6 is 0 Å². The van der Waals surface area contributed by atoms with E-state index in [4.69, 9.17) is 18.9 Å². The summed E-state index contributed by atoms with van der Waals surface area (Å²) in [7, 11) is 6.32. The number of fused-ring (bicyclic) bond motifs is 3. The Morgan fingerprint density at radius 1 is 0.771 bits per heavy atom. The number of methoxy groups -OCH3 is 4. The zero-order chi connectivity index (χ0) is 24.5. The molecule has 0 atom stereocenters. The smallest absolute Gasteiger partial charge is 0.263 e. The van der Waals surface area contributed by atoms with E-state index in [0.717, 1.165) is 11.3 Å². The third-order valence-electron chi connectivity index (χ3n) is 5.95. The summed E-state index contributed by atoms with van der Waals surface area (Å²) in [5, 5.41) is 9.47. The van der Waals surface area contributed by atoms with E-state index in [1.165, 1.54) is 0 Å². The summed E-state index contributed by atoms with van der Waals surface area (Å²) in [6.45, 7) is 0.318. The SMILES string of the molecule is COc1ccc(Cn2c(=O)c3ccccc3n3c(-c4cc(OC)c(OC)cc4OC)nnc23)cc1.